The van der Waals surface area contributed by atoms with Crippen LogP contribution in [0.5, 0.6) is 0 Å². The third kappa shape index (κ3) is 3.32. The summed E-state index contributed by atoms with van der Waals surface area (Å²) in [5, 5.41) is 12.7. The molecule has 0 aliphatic carbocycles. The van der Waals surface area contributed by atoms with Crippen LogP contribution in [0, 0.1) is 6.92 Å². The number of aromatic nitrogens is 2. The van der Waals surface area contributed by atoms with Gasteiger partial charge in [-0.05, 0) is 37.3 Å². The van der Waals surface area contributed by atoms with E-state index in [9.17, 15) is 4.79 Å². The summed E-state index contributed by atoms with van der Waals surface area (Å²) in [7, 11) is 0. The molecule has 0 radical (unpaired) electrons. The van der Waals surface area contributed by atoms with Crippen molar-refractivity contribution in [1.82, 2.24) is 10.2 Å². The van der Waals surface area contributed by atoms with Crippen LogP contribution in [0.25, 0.3) is 10.6 Å². The monoisotopic (exact) mass is 329 g/mol. The molecule has 0 saturated heterocycles. The lowest BCUT2D eigenvalue weighted by Gasteiger charge is -2.00. The first-order valence-corrected chi connectivity index (χ1v) is 7.79. The van der Waals surface area contributed by atoms with Crippen LogP contribution < -0.4 is 5.32 Å². The molecule has 1 N–H and O–H groups in total. The van der Waals surface area contributed by atoms with Crippen LogP contribution >= 0.6 is 22.9 Å². The lowest BCUT2D eigenvalue weighted by Crippen LogP contribution is -2.11. The zero-order valence-electron chi connectivity index (χ0n) is 11.7. The topological polar surface area (TPSA) is 54.9 Å². The lowest BCUT2D eigenvalue weighted by molar-refractivity contribution is 0.102. The minimum atomic E-state index is -0.233. The van der Waals surface area contributed by atoms with E-state index in [0.717, 1.165) is 16.1 Å². The van der Waals surface area contributed by atoms with E-state index in [4.69, 9.17) is 11.6 Å². The molecule has 3 rings (SSSR count). The third-order valence-electron chi connectivity index (χ3n) is 3.02. The zero-order valence-corrected chi connectivity index (χ0v) is 13.3. The summed E-state index contributed by atoms with van der Waals surface area (Å²) in [5.74, 6) is -0.233. The van der Waals surface area contributed by atoms with Gasteiger partial charge in [0.25, 0.3) is 5.91 Å². The van der Waals surface area contributed by atoms with Gasteiger partial charge >= 0.3 is 0 Å². The highest BCUT2D eigenvalue weighted by Crippen LogP contribution is 2.27. The van der Waals surface area contributed by atoms with Crippen LogP contribution in [0.15, 0.2) is 48.5 Å². The van der Waals surface area contributed by atoms with Crippen LogP contribution in [-0.2, 0) is 0 Å². The quantitative estimate of drug-likeness (QED) is 0.774. The average molecular weight is 330 g/mol. The Labute approximate surface area is 136 Å². The Kier molecular flexibility index (Phi) is 4.18. The highest BCUT2D eigenvalue weighted by Gasteiger charge is 2.11. The van der Waals surface area contributed by atoms with Crippen LogP contribution in [-0.4, -0.2) is 16.1 Å². The Balaban J connectivity index is 1.77. The van der Waals surface area contributed by atoms with Gasteiger partial charge in [-0.3, -0.25) is 10.1 Å². The Hall–Kier alpha value is -2.24. The average Bonchev–Trinajstić information content (AvgIpc) is 2.96. The number of nitrogens with one attached hydrogen (secondary N) is 1. The standard InChI is InChI=1S/C16H12ClN3OS/c1-10-3-2-4-12(9-10)15-19-20-16(22-15)18-14(21)11-5-7-13(17)8-6-11/h2-9H,1H3,(H,18,20,21). The van der Waals surface area contributed by atoms with Crippen LogP contribution in [0.4, 0.5) is 5.13 Å². The molecule has 22 heavy (non-hydrogen) atoms. The Morgan fingerprint density at radius 3 is 2.64 bits per heavy atom. The van der Waals surface area contributed by atoms with Crippen LogP contribution in [0.1, 0.15) is 15.9 Å². The molecule has 1 heterocycles. The Morgan fingerprint density at radius 1 is 1.14 bits per heavy atom. The molecule has 110 valence electrons. The van der Waals surface area contributed by atoms with E-state index in [1.165, 1.54) is 11.3 Å². The van der Waals surface area contributed by atoms with Gasteiger partial charge in [0.05, 0.1) is 0 Å². The molecule has 0 spiro atoms. The normalized spacial score (nSPS) is 10.5. The van der Waals surface area contributed by atoms with Crippen molar-refractivity contribution in [2.45, 2.75) is 6.92 Å². The fourth-order valence-corrected chi connectivity index (χ4v) is 2.80. The van der Waals surface area contributed by atoms with Crippen molar-refractivity contribution in [2.24, 2.45) is 0 Å². The first-order valence-electron chi connectivity index (χ1n) is 6.59. The molecule has 1 amide bonds. The lowest BCUT2D eigenvalue weighted by atomic mass is 10.1. The van der Waals surface area contributed by atoms with E-state index in [2.05, 4.69) is 15.5 Å². The minimum Gasteiger partial charge on any atom is -0.296 e. The van der Waals surface area contributed by atoms with Crippen molar-refractivity contribution in [2.75, 3.05) is 5.32 Å². The molecular weight excluding hydrogens is 318 g/mol. The number of benzene rings is 2. The first kappa shape index (κ1) is 14.7. The van der Waals surface area contributed by atoms with E-state index >= 15 is 0 Å². The second-order valence-electron chi connectivity index (χ2n) is 4.74. The van der Waals surface area contributed by atoms with Gasteiger partial charge in [0, 0.05) is 16.1 Å². The summed E-state index contributed by atoms with van der Waals surface area (Å²) in [6.07, 6.45) is 0. The molecule has 0 aliphatic heterocycles. The van der Waals surface area contributed by atoms with Crippen molar-refractivity contribution in [1.29, 1.82) is 0 Å². The maximum atomic E-state index is 12.1. The van der Waals surface area contributed by atoms with Gasteiger partial charge in [-0.25, -0.2) is 0 Å². The smallest absolute Gasteiger partial charge is 0.257 e. The maximum absolute atomic E-state index is 12.1. The summed E-state index contributed by atoms with van der Waals surface area (Å²) >= 11 is 7.15. The molecule has 0 bridgehead atoms. The van der Waals surface area contributed by atoms with E-state index in [-0.39, 0.29) is 5.91 Å². The fourth-order valence-electron chi connectivity index (χ4n) is 1.94. The van der Waals surface area contributed by atoms with Crippen molar-refractivity contribution in [3.63, 3.8) is 0 Å². The van der Waals surface area contributed by atoms with E-state index < -0.39 is 0 Å². The molecule has 3 aromatic rings. The summed E-state index contributed by atoms with van der Waals surface area (Å²) in [6.45, 7) is 2.02. The highest BCUT2D eigenvalue weighted by molar-refractivity contribution is 7.18. The molecular formula is C16H12ClN3OS. The number of amides is 1. The molecule has 0 saturated carbocycles. The summed E-state index contributed by atoms with van der Waals surface area (Å²) in [4.78, 5) is 12.1. The number of hydrogen-bond acceptors (Lipinski definition) is 4. The number of halogens is 1. The van der Waals surface area contributed by atoms with Gasteiger partial charge in [0.1, 0.15) is 5.01 Å². The van der Waals surface area contributed by atoms with Crippen molar-refractivity contribution < 1.29 is 4.79 Å². The van der Waals surface area contributed by atoms with Gasteiger partial charge < -0.3 is 0 Å². The Bertz CT molecular complexity index is 814. The zero-order chi connectivity index (χ0) is 15.5. The van der Waals surface area contributed by atoms with Gasteiger partial charge in [0.2, 0.25) is 5.13 Å². The van der Waals surface area contributed by atoms with E-state index in [1.54, 1.807) is 24.3 Å². The number of hydrogen-bond donors (Lipinski definition) is 1. The number of anilines is 1. The molecule has 0 fully saturated rings. The third-order valence-corrected chi connectivity index (χ3v) is 4.16. The van der Waals surface area contributed by atoms with Crippen molar-refractivity contribution in [3.05, 3.63) is 64.7 Å². The van der Waals surface area contributed by atoms with Crippen LogP contribution in [0.2, 0.25) is 5.02 Å². The molecule has 6 heteroatoms. The predicted octanol–water partition coefficient (Wildman–Crippen LogP) is 4.42. The fraction of sp³-hybridized carbons (Fsp3) is 0.0625. The van der Waals surface area contributed by atoms with Crippen molar-refractivity contribution in [3.8, 4) is 10.6 Å². The molecule has 0 atom stereocenters. The highest BCUT2D eigenvalue weighted by atomic mass is 35.5. The van der Waals surface area contributed by atoms with Gasteiger partial charge in [0.15, 0.2) is 0 Å². The summed E-state index contributed by atoms with van der Waals surface area (Å²) < 4.78 is 0. The number of carbonyl (C=O) groups is 1. The first-order chi connectivity index (χ1) is 10.6. The second kappa shape index (κ2) is 6.25. The van der Waals surface area contributed by atoms with Crippen molar-refractivity contribution >= 4 is 34.0 Å². The van der Waals surface area contributed by atoms with Gasteiger partial charge in [-0.15, -0.1) is 10.2 Å². The van der Waals surface area contributed by atoms with Gasteiger partial charge in [-0.2, -0.15) is 0 Å². The number of rotatable bonds is 3. The summed E-state index contributed by atoms with van der Waals surface area (Å²) in [6, 6.07) is 14.7. The number of carbonyl (C=O) groups excluding carboxylic acids is 1. The minimum absolute atomic E-state index is 0.233. The van der Waals surface area contributed by atoms with E-state index in [1.807, 2.05) is 31.2 Å². The largest absolute Gasteiger partial charge is 0.296 e. The Morgan fingerprint density at radius 2 is 1.91 bits per heavy atom. The van der Waals surface area contributed by atoms with Crippen LogP contribution in [0.3, 0.4) is 0 Å². The SMILES string of the molecule is Cc1cccc(-c2nnc(NC(=O)c3ccc(Cl)cc3)s2)c1. The maximum Gasteiger partial charge on any atom is 0.257 e. The van der Waals surface area contributed by atoms with Gasteiger partial charge in [-0.1, -0.05) is 46.7 Å². The molecule has 1 aromatic heterocycles. The molecule has 4 nitrogen and oxygen atoms in total. The predicted molar refractivity (Wildman–Crippen MR) is 89.5 cm³/mol. The molecule has 0 unspecified atom stereocenters. The second-order valence-corrected chi connectivity index (χ2v) is 6.16. The van der Waals surface area contributed by atoms with E-state index in [0.29, 0.717) is 15.7 Å². The molecule has 2 aromatic carbocycles. The summed E-state index contributed by atoms with van der Waals surface area (Å²) in [5.41, 5.74) is 2.67. The number of aryl methyl sites for hydroxylation is 1. The molecule has 0 aliphatic rings. The number of nitrogens with zero attached hydrogens (tertiary/aromatic N) is 2.